The Morgan fingerprint density at radius 3 is 2.70 bits per heavy atom. The van der Waals surface area contributed by atoms with Gasteiger partial charge >= 0.3 is 5.91 Å². The summed E-state index contributed by atoms with van der Waals surface area (Å²) in [6.07, 6.45) is 2.36. The second-order valence-corrected chi connectivity index (χ2v) is 7.92. The summed E-state index contributed by atoms with van der Waals surface area (Å²) in [4.78, 5) is 28.5. The van der Waals surface area contributed by atoms with Gasteiger partial charge < -0.3 is 15.2 Å². The molecule has 0 unspecified atom stereocenters. The minimum absolute atomic E-state index is 0.264. The number of aliphatic hydroxyl groups excluding tert-OH is 1. The number of anilines is 1. The number of aryl methyl sites for hydroxylation is 1. The Balaban J connectivity index is 1.75. The molecular weight excluding hydrogens is 420 g/mol. The second kappa shape index (κ2) is 9.86. The third-order valence-corrected chi connectivity index (χ3v) is 5.93. The largest absolute Gasteiger partial charge is 0.384 e. The number of rotatable bonds is 5. The summed E-state index contributed by atoms with van der Waals surface area (Å²) in [5.74, 6) is 4.09. The molecule has 8 heteroatoms. The maximum atomic E-state index is 13.7. The van der Waals surface area contributed by atoms with Crippen molar-refractivity contribution < 1.29 is 19.4 Å². The average molecular weight is 447 g/mol. The highest BCUT2D eigenvalue weighted by Gasteiger charge is 2.48. The van der Waals surface area contributed by atoms with Crippen LogP contribution in [0.5, 0.6) is 0 Å². The monoisotopic (exact) mass is 446 g/mol. The standard InChI is InChI=1S/C25H26N4O4/c1-28-22-10-9-21(16-20(22)18-27-28)29(23(31)8-5-13-30)25(11-14-33-15-12-25)24(32)26-17-19-6-3-2-4-7-19/h2-4,6-7,9-10,16,18,30H,11-15,17H2,1H3,(H,26,32). The van der Waals surface area contributed by atoms with Crippen LogP contribution in [0.25, 0.3) is 10.9 Å². The van der Waals surface area contributed by atoms with Crippen molar-refractivity contribution >= 4 is 28.4 Å². The maximum absolute atomic E-state index is 13.7. The molecule has 8 nitrogen and oxygen atoms in total. The van der Waals surface area contributed by atoms with Crippen LogP contribution in [-0.4, -0.2) is 52.1 Å². The molecule has 1 aromatic heterocycles. The van der Waals surface area contributed by atoms with E-state index in [1.807, 2.05) is 49.5 Å². The molecule has 0 aliphatic carbocycles. The Bertz CT molecular complexity index is 1200. The van der Waals surface area contributed by atoms with E-state index in [1.54, 1.807) is 16.9 Å². The molecule has 1 saturated heterocycles. The first kappa shape index (κ1) is 22.5. The van der Waals surface area contributed by atoms with Gasteiger partial charge in [-0.3, -0.25) is 19.2 Å². The van der Waals surface area contributed by atoms with Crippen molar-refractivity contribution in [2.24, 2.45) is 7.05 Å². The van der Waals surface area contributed by atoms with Crippen molar-refractivity contribution in [2.75, 3.05) is 24.7 Å². The molecule has 0 bridgehead atoms. The number of nitrogens with one attached hydrogen (secondary N) is 1. The van der Waals surface area contributed by atoms with Crippen LogP contribution in [0.3, 0.4) is 0 Å². The fourth-order valence-electron chi connectivity index (χ4n) is 4.22. The van der Waals surface area contributed by atoms with Crippen molar-refractivity contribution in [2.45, 2.75) is 24.9 Å². The lowest BCUT2D eigenvalue weighted by atomic mass is 9.85. The SMILES string of the molecule is Cn1ncc2cc(N(C(=O)C#CCO)C3(C(=O)NCc4ccccc4)CCOCC3)ccc21. The number of carbonyl (C=O) groups is 2. The molecule has 2 heterocycles. The number of hydrogen-bond donors (Lipinski definition) is 2. The molecule has 170 valence electrons. The Morgan fingerprint density at radius 1 is 1.21 bits per heavy atom. The average Bonchev–Trinajstić information content (AvgIpc) is 3.22. The van der Waals surface area contributed by atoms with Crippen LogP contribution >= 0.6 is 0 Å². The van der Waals surface area contributed by atoms with Crippen LogP contribution in [0, 0.1) is 11.8 Å². The summed E-state index contributed by atoms with van der Waals surface area (Å²) in [6, 6.07) is 15.1. The first-order valence-corrected chi connectivity index (χ1v) is 10.8. The molecule has 0 radical (unpaired) electrons. The number of amides is 2. The molecule has 0 spiro atoms. The lowest BCUT2D eigenvalue weighted by molar-refractivity contribution is -0.133. The highest BCUT2D eigenvalue weighted by Crippen LogP contribution is 2.35. The fourth-order valence-corrected chi connectivity index (χ4v) is 4.22. The van der Waals surface area contributed by atoms with E-state index in [4.69, 9.17) is 9.84 Å². The number of aromatic nitrogens is 2. The highest BCUT2D eigenvalue weighted by molar-refractivity contribution is 6.12. The lowest BCUT2D eigenvalue weighted by Gasteiger charge is -2.44. The Labute approximate surface area is 192 Å². The summed E-state index contributed by atoms with van der Waals surface area (Å²) >= 11 is 0. The van der Waals surface area contributed by atoms with Crippen molar-refractivity contribution in [1.82, 2.24) is 15.1 Å². The molecule has 1 aliphatic heterocycles. The van der Waals surface area contributed by atoms with Crippen molar-refractivity contribution in [3.63, 3.8) is 0 Å². The minimum atomic E-state index is -1.18. The topological polar surface area (TPSA) is 96.7 Å². The van der Waals surface area contributed by atoms with E-state index in [0.29, 0.717) is 38.3 Å². The number of fused-ring (bicyclic) bond motifs is 1. The van der Waals surface area contributed by atoms with E-state index in [1.165, 1.54) is 4.90 Å². The van der Waals surface area contributed by atoms with Crippen LogP contribution in [0.1, 0.15) is 18.4 Å². The van der Waals surface area contributed by atoms with Crippen molar-refractivity contribution in [1.29, 1.82) is 0 Å². The van der Waals surface area contributed by atoms with E-state index in [-0.39, 0.29) is 5.91 Å². The van der Waals surface area contributed by atoms with Gasteiger partial charge in [-0.15, -0.1) is 0 Å². The lowest BCUT2D eigenvalue weighted by Crippen LogP contribution is -2.63. The van der Waals surface area contributed by atoms with Gasteiger partial charge in [0.2, 0.25) is 5.91 Å². The van der Waals surface area contributed by atoms with Gasteiger partial charge in [-0.05, 0) is 29.7 Å². The van der Waals surface area contributed by atoms with Crippen LogP contribution in [0.15, 0.2) is 54.7 Å². The Morgan fingerprint density at radius 2 is 1.97 bits per heavy atom. The number of aliphatic hydroxyl groups is 1. The number of hydrogen-bond acceptors (Lipinski definition) is 5. The maximum Gasteiger partial charge on any atom is 0.303 e. The van der Waals surface area contributed by atoms with Crippen LogP contribution in [0.4, 0.5) is 5.69 Å². The second-order valence-electron chi connectivity index (χ2n) is 7.92. The molecular formula is C25H26N4O4. The molecule has 0 saturated carbocycles. The molecule has 2 amide bonds. The van der Waals surface area contributed by atoms with Crippen LogP contribution in [-0.2, 0) is 27.9 Å². The van der Waals surface area contributed by atoms with Gasteiger partial charge in [0.25, 0.3) is 0 Å². The van der Waals surface area contributed by atoms with Crippen LogP contribution in [0.2, 0.25) is 0 Å². The normalized spacial score (nSPS) is 14.8. The summed E-state index contributed by atoms with van der Waals surface area (Å²) in [6.45, 7) is 0.571. The van der Waals surface area contributed by atoms with E-state index < -0.39 is 18.1 Å². The van der Waals surface area contributed by atoms with Crippen molar-refractivity contribution in [3.05, 3.63) is 60.3 Å². The van der Waals surface area contributed by atoms with Crippen molar-refractivity contribution in [3.8, 4) is 11.8 Å². The van der Waals surface area contributed by atoms with Gasteiger partial charge in [0, 0.05) is 50.7 Å². The van der Waals surface area contributed by atoms with Gasteiger partial charge in [0.1, 0.15) is 12.1 Å². The zero-order valence-corrected chi connectivity index (χ0v) is 18.5. The molecule has 3 aromatic rings. The van der Waals surface area contributed by atoms with Gasteiger partial charge in [-0.2, -0.15) is 5.10 Å². The molecule has 2 aromatic carbocycles. The summed E-state index contributed by atoms with van der Waals surface area (Å²) in [7, 11) is 1.84. The summed E-state index contributed by atoms with van der Waals surface area (Å²) in [5, 5.41) is 17.3. The Hall–Kier alpha value is -3.67. The van der Waals surface area contributed by atoms with E-state index >= 15 is 0 Å². The first-order valence-electron chi connectivity index (χ1n) is 10.8. The highest BCUT2D eigenvalue weighted by atomic mass is 16.5. The first-order chi connectivity index (χ1) is 16.0. The van der Waals surface area contributed by atoms with Gasteiger partial charge in [-0.25, -0.2) is 0 Å². The number of nitrogens with zero attached hydrogens (tertiary/aromatic N) is 3. The smallest absolute Gasteiger partial charge is 0.303 e. The zero-order valence-electron chi connectivity index (χ0n) is 18.5. The van der Waals surface area contributed by atoms with Gasteiger partial charge in [0.15, 0.2) is 0 Å². The quantitative estimate of drug-likeness (QED) is 0.583. The van der Waals surface area contributed by atoms with E-state index in [0.717, 1.165) is 16.5 Å². The van der Waals surface area contributed by atoms with E-state index in [9.17, 15) is 9.59 Å². The number of carbonyl (C=O) groups excluding carboxylic acids is 2. The summed E-state index contributed by atoms with van der Waals surface area (Å²) in [5.41, 5.74) is 1.24. The Kier molecular flexibility index (Phi) is 6.73. The molecule has 4 rings (SSSR count). The predicted molar refractivity (Wildman–Crippen MR) is 124 cm³/mol. The van der Waals surface area contributed by atoms with Crippen LogP contribution < -0.4 is 10.2 Å². The summed E-state index contributed by atoms with van der Waals surface area (Å²) < 4.78 is 7.29. The third kappa shape index (κ3) is 4.60. The predicted octanol–water partition coefficient (Wildman–Crippen LogP) is 1.77. The number of ether oxygens (including phenoxy) is 1. The molecule has 2 N–H and O–H groups in total. The molecule has 1 fully saturated rings. The number of benzene rings is 2. The molecule has 0 atom stereocenters. The van der Waals surface area contributed by atoms with E-state index in [2.05, 4.69) is 22.3 Å². The molecule has 1 aliphatic rings. The fraction of sp³-hybridized carbons (Fsp3) is 0.320. The third-order valence-electron chi connectivity index (χ3n) is 5.93. The van der Waals surface area contributed by atoms with Gasteiger partial charge in [0.05, 0.1) is 11.7 Å². The minimum Gasteiger partial charge on any atom is -0.384 e. The zero-order chi connectivity index (χ0) is 23.3. The van der Waals surface area contributed by atoms with Gasteiger partial charge in [-0.1, -0.05) is 36.3 Å². The molecule has 33 heavy (non-hydrogen) atoms.